The van der Waals surface area contributed by atoms with Gasteiger partial charge >= 0.3 is 5.97 Å². The monoisotopic (exact) mass is 384 g/mol. The maximum atomic E-state index is 11.7. The van der Waals surface area contributed by atoms with Gasteiger partial charge in [0.25, 0.3) is 0 Å². The summed E-state index contributed by atoms with van der Waals surface area (Å²) < 4.78 is 27.9. The van der Waals surface area contributed by atoms with Crippen LogP contribution in [0.1, 0.15) is 38.0 Å². The first-order valence-electron chi connectivity index (χ1n) is 9.06. The van der Waals surface area contributed by atoms with Crippen molar-refractivity contribution in [2.45, 2.75) is 33.0 Å². The first-order chi connectivity index (χ1) is 13.5. The number of benzene rings is 2. The Morgan fingerprint density at radius 3 is 2.61 bits per heavy atom. The first-order valence-corrected chi connectivity index (χ1v) is 9.06. The maximum absolute atomic E-state index is 11.7. The number of esters is 1. The van der Waals surface area contributed by atoms with Crippen molar-refractivity contribution in [1.82, 2.24) is 0 Å². The van der Waals surface area contributed by atoms with Crippen molar-refractivity contribution in [3.05, 3.63) is 53.6 Å². The number of methoxy groups -OCH3 is 1. The standard InChI is InChI=1S/C22H24O6/c1-5-6-16-7-9-19(20(11-16)24-4)27-14(2)22(28-15(3)23)17-8-10-18-21(12-17)26-13-25-18/h5-12,14,22H,13H2,1-4H3/b6-5+/t14-,22-/m1/s1. The predicted octanol–water partition coefficient (Wildman–Crippen LogP) is 4.53. The van der Waals surface area contributed by atoms with Crippen LogP contribution in [0.25, 0.3) is 6.08 Å². The smallest absolute Gasteiger partial charge is 0.303 e. The van der Waals surface area contributed by atoms with Crippen LogP contribution in [0.4, 0.5) is 0 Å². The third kappa shape index (κ3) is 4.39. The lowest BCUT2D eigenvalue weighted by atomic mass is 10.0. The highest BCUT2D eigenvalue weighted by Crippen LogP contribution is 2.37. The van der Waals surface area contributed by atoms with E-state index in [1.165, 1.54) is 6.92 Å². The molecule has 2 aromatic rings. The Balaban J connectivity index is 1.86. The number of rotatable bonds is 7. The molecule has 6 nitrogen and oxygen atoms in total. The Bertz CT molecular complexity index is 873. The van der Waals surface area contributed by atoms with Gasteiger partial charge in [-0.2, -0.15) is 0 Å². The Labute approximate surface area is 164 Å². The maximum Gasteiger partial charge on any atom is 0.303 e. The van der Waals surface area contributed by atoms with Crippen LogP contribution in [0.3, 0.4) is 0 Å². The fourth-order valence-electron chi connectivity index (χ4n) is 3.04. The summed E-state index contributed by atoms with van der Waals surface area (Å²) in [5.41, 5.74) is 1.77. The van der Waals surface area contributed by atoms with Crippen molar-refractivity contribution in [2.24, 2.45) is 0 Å². The molecule has 0 aliphatic carbocycles. The van der Waals surface area contributed by atoms with Gasteiger partial charge < -0.3 is 23.7 Å². The van der Waals surface area contributed by atoms with E-state index in [1.807, 2.05) is 56.3 Å². The molecule has 28 heavy (non-hydrogen) atoms. The summed E-state index contributed by atoms with van der Waals surface area (Å²) in [6.45, 7) is 5.35. The van der Waals surface area contributed by atoms with Crippen LogP contribution in [0.2, 0.25) is 0 Å². The van der Waals surface area contributed by atoms with Crippen molar-refractivity contribution in [3.63, 3.8) is 0 Å². The number of carbonyl (C=O) groups is 1. The quantitative estimate of drug-likeness (QED) is 0.654. The van der Waals surface area contributed by atoms with Crippen molar-refractivity contribution < 1.29 is 28.5 Å². The number of fused-ring (bicyclic) bond motifs is 1. The molecule has 2 atom stereocenters. The predicted molar refractivity (Wildman–Crippen MR) is 105 cm³/mol. The van der Waals surface area contributed by atoms with Gasteiger partial charge in [0.15, 0.2) is 29.1 Å². The summed E-state index contributed by atoms with van der Waals surface area (Å²) in [4.78, 5) is 11.7. The zero-order chi connectivity index (χ0) is 20.1. The summed E-state index contributed by atoms with van der Waals surface area (Å²) in [6.07, 6.45) is 2.84. The normalized spacial score (nSPS) is 14.6. The van der Waals surface area contributed by atoms with Gasteiger partial charge in [-0.1, -0.05) is 24.3 Å². The van der Waals surface area contributed by atoms with Crippen molar-refractivity contribution in [3.8, 4) is 23.0 Å². The number of hydrogen-bond donors (Lipinski definition) is 0. The summed E-state index contributed by atoms with van der Waals surface area (Å²) in [6, 6.07) is 11.1. The van der Waals surface area contributed by atoms with Gasteiger partial charge in [0.1, 0.15) is 6.10 Å². The molecule has 0 spiro atoms. The van der Waals surface area contributed by atoms with Crippen LogP contribution >= 0.6 is 0 Å². The van der Waals surface area contributed by atoms with E-state index in [4.69, 9.17) is 23.7 Å². The summed E-state index contributed by atoms with van der Waals surface area (Å²) >= 11 is 0. The highest BCUT2D eigenvalue weighted by molar-refractivity contribution is 5.66. The second kappa shape index (κ2) is 8.69. The largest absolute Gasteiger partial charge is 0.493 e. The molecule has 0 radical (unpaired) electrons. The van der Waals surface area contributed by atoms with Crippen molar-refractivity contribution >= 4 is 12.0 Å². The van der Waals surface area contributed by atoms with Crippen LogP contribution < -0.4 is 18.9 Å². The molecule has 0 aromatic heterocycles. The Kier molecular flexibility index (Phi) is 6.09. The molecule has 0 amide bonds. The molecule has 3 rings (SSSR count). The van der Waals surface area contributed by atoms with Gasteiger partial charge in [0.2, 0.25) is 6.79 Å². The van der Waals surface area contributed by atoms with E-state index in [1.54, 1.807) is 13.2 Å². The minimum Gasteiger partial charge on any atom is -0.493 e. The van der Waals surface area contributed by atoms with E-state index >= 15 is 0 Å². The van der Waals surface area contributed by atoms with Crippen LogP contribution in [-0.4, -0.2) is 26.0 Å². The molecule has 148 valence electrons. The van der Waals surface area contributed by atoms with E-state index in [2.05, 4.69) is 0 Å². The molecule has 0 bridgehead atoms. The first kappa shape index (κ1) is 19.6. The second-order valence-corrected chi connectivity index (χ2v) is 6.38. The lowest BCUT2D eigenvalue weighted by molar-refractivity contribution is -0.151. The topological polar surface area (TPSA) is 63.2 Å². The summed E-state index contributed by atoms with van der Waals surface area (Å²) in [5, 5.41) is 0. The molecular weight excluding hydrogens is 360 g/mol. The lowest BCUT2D eigenvalue weighted by Crippen LogP contribution is -2.26. The zero-order valence-corrected chi connectivity index (χ0v) is 16.4. The molecule has 6 heteroatoms. The third-order valence-corrected chi connectivity index (χ3v) is 4.30. The van der Waals surface area contributed by atoms with Crippen molar-refractivity contribution in [1.29, 1.82) is 0 Å². The third-order valence-electron chi connectivity index (χ3n) is 4.30. The SMILES string of the molecule is C/C=C/c1ccc(O[C@H](C)[C@@H](OC(C)=O)c2ccc3c(c2)OCO3)c(OC)c1. The van der Waals surface area contributed by atoms with Crippen LogP contribution in [0, 0.1) is 0 Å². The number of hydrogen-bond acceptors (Lipinski definition) is 6. The van der Waals surface area contributed by atoms with Crippen molar-refractivity contribution in [2.75, 3.05) is 13.9 Å². The minimum absolute atomic E-state index is 0.179. The zero-order valence-electron chi connectivity index (χ0n) is 16.4. The van der Waals surface area contributed by atoms with Gasteiger partial charge in [0.05, 0.1) is 7.11 Å². The van der Waals surface area contributed by atoms with E-state index < -0.39 is 18.2 Å². The minimum atomic E-state index is -0.619. The molecule has 2 aromatic carbocycles. The molecule has 1 aliphatic rings. The average Bonchev–Trinajstić information content (AvgIpc) is 3.15. The second-order valence-electron chi connectivity index (χ2n) is 6.38. The van der Waals surface area contributed by atoms with Gasteiger partial charge in [-0.15, -0.1) is 0 Å². The molecule has 1 aliphatic heterocycles. The highest BCUT2D eigenvalue weighted by atomic mass is 16.7. The molecule has 0 unspecified atom stereocenters. The van der Waals surface area contributed by atoms with Gasteiger partial charge in [-0.3, -0.25) is 4.79 Å². The van der Waals surface area contributed by atoms with Crippen LogP contribution in [0.5, 0.6) is 23.0 Å². The fraction of sp³-hybridized carbons (Fsp3) is 0.318. The van der Waals surface area contributed by atoms with Crippen LogP contribution in [0.15, 0.2) is 42.5 Å². The average molecular weight is 384 g/mol. The summed E-state index contributed by atoms with van der Waals surface area (Å²) in [5.74, 6) is 2.07. The summed E-state index contributed by atoms with van der Waals surface area (Å²) in [7, 11) is 1.59. The Hall–Kier alpha value is -3.15. The molecular formula is C22H24O6. The Morgan fingerprint density at radius 2 is 1.89 bits per heavy atom. The van der Waals surface area contributed by atoms with Gasteiger partial charge in [-0.25, -0.2) is 0 Å². The Morgan fingerprint density at radius 1 is 1.11 bits per heavy atom. The van der Waals surface area contributed by atoms with Crippen LogP contribution in [-0.2, 0) is 9.53 Å². The number of allylic oxidation sites excluding steroid dienone is 1. The molecule has 0 saturated carbocycles. The molecule has 1 heterocycles. The fourth-order valence-corrected chi connectivity index (χ4v) is 3.04. The molecule has 0 saturated heterocycles. The number of ether oxygens (including phenoxy) is 5. The van der Waals surface area contributed by atoms with E-state index in [-0.39, 0.29) is 6.79 Å². The lowest BCUT2D eigenvalue weighted by Gasteiger charge is -2.26. The molecule has 0 fully saturated rings. The molecule has 0 N–H and O–H groups in total. The van der Waals surface area contributed by atoms with E-state index in [0.29, 0.717) is 23.0 Å². The van der Waals surface area contributed by atoms with E-state index in [9.17, 15) is 4.79 Å². The highest BCUT2D eigenvalue weighted by Gasteiger charge is 2.27. The van der Waals surface area contributed by atoms with E-state index in [0.717, 1.165) is 11.1 Å². The van der Waals surface area contributed by atoms with Gasteiger partial charge in [-0.05, 0) is 43.7 Å². The number of carbonyl (C=O) groups excluding carboxylic acids is 1. The van der Waals surface area contributed by atoms with Gasteiger partial charge in [0, 0.05) is 12.5 Å².